The zero-order chi connectivity index (χ0) is 9.90. The first-order valence-electron chi connectivity index (χ1n) is 5.03. The van der Waals surface area contributed by atoms with Crippen LogP contribution in [0.25, 0.3) is 0 Å². The highest BCUT2D eigenvalue weighted by Gasteiger charge is 2.31. The van der Waals surface area contributed by atoms with Crippen LogP contribution in [0.4, 0.5) is 0 Å². The highest BCUT2D eigenvalue weighted by Crippen LogP contribution is 2.36. The van der Waals surface area contributed by atoms with E-state index in [9.17, 15) is 4.79 Å². The predicted octanol–water partition coefficient (Wildman–Crippen LogP) is 1.03. The Bertz CT molecular complexity index is 189. The minimum Gasteiger partial charge on any atom is -0.353 e. The Kier molecular flexibility index (Phi) is 3.31. The Morgan fingerprint density at radius 1 is 1.62 bits per heavy atom. The molecule has 1 unspecified atom stereocenters. The fourth-order valence-corrected chi connectivity index (χ4v) is 1.99. The zero-order valence-electron chi connectivity index (χ0n) is 8.60. The van der Waals surface area contributed by atoms with E-state index in [0.717, 1.165) is 12.8 Å². The van der Waals surface area contributed by atoms with Crippen molar-refractivity contribution in [1.29, 1.82) is 0 Å². The molecule has 1 aliphatic carbocycles. The van der Waals surface area contributed by atoms with E-state index in [1.807, 2.05) is 0 Å². The fraction of sp³-hybridized carbons (Fsp3) is 0.900. The lowest BCUT2D eigenvalue weighted by atomic mass is 9.92. The average molecular weight is 184 g/mol. The van der Waals surface area contributed by atoms with Crippen LogP contribution < -0.4 is 11.1 Å². The molecular weight excluding hydrogens is 164 g/mol. The summed E-state index contributed by atoms with van der Waals surface area (Å²) in [4.78, 5) is 11.2. The van der Waals surface area contributed by atoms with Crippen LogP contribution in [-0.2, 0) is 4.79 Å². The maximum Gasteiger partial charge on any atom is 0.221 e. The van der Waals surface area contributed by atoms with Gasteiger partial charge in [-0.25, -0.2) is 0 Å². The van der Waals surface area contributed by atoms with Gasteiger partial charge in [0.1, 0.15) is 0 Å². The molecule has 0 heterocycles. The van der Waals surface area contributed by atoms with Gasteiger partial charge in [0.15, 0.2) is 0 Å². The van der Waals surface area contributed by atoms with Crippen LogP contribution in [-0.4, -0.2) is 18.5 Å². The summed E-state index contributed by atoms with van der Waals surface area (Å²) in [5.74, 6) is 0.102. The summed E-state index contributed by atoms with van der Waals surface area (Å²) in [6.45, 7) is 4.95. The lowest BCUT2D eigenvalue weighted by molar-refractivity contribution is -0.121. The Balaban J connectivity index is 2.28. The number of amides is 1. The SMILES string of the molecule is CC1(C)CCC(NC(=O)CCN)C1. The average Bonchev–Trinajstić information content (AvgIpc) is 2.30. The topological polar surface area (TPSA) is 55.1 Å². The molecule has 1 saturated carbocycles. The van der Waals surface area contributed by atoms with E-state index in [1.54, 1.807) is 0 Å². The van der Waals surface area contributed by atoms with Crippen LogP contribution >= 0.6 is 0 Å². The Morgan fingerprint density at radius 3 is 2.77 bits per heavy atom. The van der Waals surface area contributed by atoms with Crippen LogP contribution in [0.2, 0.25) is 0 Å². The van der Waals surface area contributed by atoms with Gasteiger partial charge in [-0.05, 0) is 24.7 Å². The van der Waals surface area contributed by atoms with Crippen molar-refractivity contribution in [2.24, 2.45) is 11.1 Å². The van der Waals surface area contributed by atoms with Crippen molar-refractivity contribution in [2.45, 2.75) is 45.6 Å². The summed E-state index contributed by atoms with van der Waals surface area (Å²) >= 11 is 0. The van der Waals surface area contributed by atoms with Gasteiger partial charge < -0.3 is 11.1 Å². The summed E-state index contributed by atoms with van der Waals surface area (Å²) < 4.78 is 0. The van der Waals surface area contributed by atoms with Gasteiger partial charge in [0, 0.05) is 19.0 Å². The molecule has 1 amide bonds. The standard InChI is InChI=1S/C10H20N2O/c1-10(2)5-3-8(7-10)12-9(13)4-6-11/h8H,3-7,11H2,1-2H3,(H,12,13). The number of hydrogen-bond donors (Lipinski definition) is 2. The molecule has 3 nitrogen and oxygen atoms in total. The van der Waals surface area contributed by atoms with Crippen molar-refractivity contribution in [2.75, 3.05) is 6.54 Å². The first-order valence-corrected chi connectivity index (χ1v) is 5.03. The Morgan fingerprint density at radius 2 is 2.31 bits per heavy atom. The minimum absolute atomic E-state index is 0.102. The van der Waals surface area contributed by atoms with E-state index in [0.29, 0.717) is 24.4 Å². The molecule has 76 valence electrons. The number of nitrogens with two attached hydrogens (primary N) is 1. The van der Waals surface area contributed by atoms with Gasteiger partial charge in [-0.15, -0.1) is 0 Å². The summed E-state index contributed by atoms with van der Waals surface area (Å²) in [5.41, 5.74) is 5.70. The van der Waals surface area contributed by atoms with Crippen molar-refractivity contribution in [3.8, 4) is 0 Å². The molecule has 1 fully saturated rings. The zero-order valence-corrected chi connectivity index (χ0v) is 8.60. The third kappa shape index (κ3) is 3.35. The molecule has 0 radical (unpaired) electrons. The second-order valence-corrected chi connectivity index (χ2v) is 4.71. The lowest BCUT2D eigenvalue weighted by Gasteiger charge is -2.17. The van der Waals surface area contributed by atoms with Crippen LogP contribution in [0.5, 0.6) is 0 Å². The van der Waals surface area contributed by atoms with Crippen molar-refractivity contribution in [1.82, 2.24) is 5.32 Å². The molecule has 1 aliphatic rings. The predicted molar refractivity (Wildman–Crippen MR) is 53.2 cm³/mol. The molecule has 0 aromatic heterocycles. The second kappa shape index (κ2) is 4.09. The number of carbonyl (C=O) groups is 1. The molecule has 3 N–H and O–H groups in total. The molecule has 0 spiro atoms. The van der Waals surface area contributed by atoms with E-state index < -0.39 is 0 Å². The maximum atomic E-state index is 11.2. The first kappa shape index (κ1) is 10.5. The molecule has 0 aromatic carbocycles. The summed E-state index contributed by atoms with van der Waals surface area (Å²) in [6, 6.07) is 0.383. The molecule has 0 aliphatic heterocycles. The fourth-order valence-electron chi connectivity index (χ4n) is 1.99. The van der Waals surface area contributed by atoms with Gasteiger partial charge in [-0.1, -0.05) is 13.8 Å². The summed E-state index contributed by atoms with van der Waals surface area (Å²) in [5, 5.41) is 3.02. The van der Waals surface area contributed by atoms with E-state index in [1.165, 1.54) is 6.42 Å². The summed E-state index contributed by atoms with van der Waals surface area (Å²) in [7, 11) is 0. The Hall–Kier alpha value is -0.570. The van der Waals surface area contributed by atoms with Crippen molar-refractivity contribution in [3.63, 3.8) is 0 Å². The summed E-state index contributed by atoms with van der Waals surface area (Å²) in [6.07, 6.45) is 3.88. The molecule has 0 aromatic rings. The van der Waals surface area contributed by atoms with Gasteiger partial charge in [0.2, 0.25) is 5.91 Å². The lowest BCUT2D eigenvalue weighted by Crippen LogP contribution is -2.34. The van der Waals surface area contributed by atoms with Crippen molar-refractivity contribution >= 4 is 5.91 Å². The number of hydrogen-bond acceptors (Lipinski definition) is 2. The molecule has 1 rings (SSSR count). The normalized spacial score (nSPS) is 25.9. The molecule has 3 heteroatoms. The third-order valence-electron chi connectivity index (χ3n) is 2.71. The van der Waals surface area contributed by atoms with Gasteiger partial charge in [0.05, 0.1) is 0 Å². The van der Waals surface area contributed by atoms with Crippen molar-refractivity contribution in [3.05, 3.63) is 0 Å². The molecule has 1 atom stereocenters. The van der Waals surface area contributed by atoms with Crippen LogP contribution in [0.15, 0.2) is 0 Å². The monoisotopic (exact) mass is 184 g/mol. The van der Waals surface area contributed by atoms with E-state index in [-0.39, 0.29) is 5.91 Å². The van der Waals surface area contributed by atoms with Crippen LogP contribution in [0, 0.1) is 5.41 Å². The van der Waals surface area contributed by atoms with Gasteiger partial charge in [0.25, 0.3) is 0 Å². The highest BCUT2D eigenvalue weighted by atomic mass is 16.1. The largest absolute Gasteiger partial charge is 0.353 e. The highest BCUT2D eigenvalue weighted by molar-refractivity contribution is 5.76. The molecule has 13 heavy (non-hydrogen) atoms. The number of carbonyl (C=O) groups excluding carboxylic acids is 1. The molecular formula is C10H20N2O. The van der Waals surface area contributed by atoms with Crippen LogP contribution in [0.3, 0.4) is 0 Å². The Labute approximate surface area is 80.1 Å². The van der Waals surface area contributed by atoms with Crippen LogP contribution in [0.1, 0.15) is 39.5 Å². The van der Waals surface area contributed by atoms with Gasteiger partial charge in [-0.3, -0.25) is 4.79 Å². The maximum absolute atomic E-state index is 11.2. The third-order valence-corrected chi connectivity index (χ3v) is 2.71. The van der Waals surface area contributed by atoms with Gasteiger partial charge >= 0.3 is 0 Å². The molecule has 0 bridgehead atoms. The van der Waals surface area contributed by atoms with E-state index in [4.69, 9.17) is 5.73 Å². The van der Waals surface area contributed by atoms with E-state index >= 15 is 0 Å². The minimum atomic E-state index is 0.102. The van der Waals surface area contributed by atoms with E-state index in [2.05, 4.69) is 19.2 Å². The smallest absolute Gasteiger partial charge is 0.221 e. The van der Waals surface area contributed by atoms with Crippen molar-refractivity contribution < 1.29 is 4.79 Å². The van der Waals surface area contributed by atoms with Gasteiger partial charge in [-0.2, -0.15) is 0 Å². The first-order chi connectivity index (χ1) is 6.03. The second-order valence-electron chi connectivity index (χ2n) is 4.71. The number of rotatable bonds is 3. The molecule has 0 saturated heterocycles. The number of nitrogens with one attached hydrogen (secondary N) is 1. The quantitative estimate of drug-likeness (QED) is 0.688.